The van der Waals surface area contributed by atoms with Crippen LogP contribution in [-0.2, 0) is 4.79 Å². The highest BCUT2D eigenvalue weighted by molar-refractivity contribution is 5.50. The van der Waals surface area contributed by atoms with E-state index in [1.165, 1.54) is 51.4 Å². The van der Waals surface area contributed by atoms with Gasteiger partial charge >= 0.3 is 0 Å². The van der Waals surface area contributed by atoms with Gasteiger partial charge in [0, 0.05) is 6.42 Å². The fourth-order valence-electron chi connectivity index (χ4n) is 1.91. The van der Waals surface area contributed by atoms with Crippen molar-refractivity contribution < 1.29 is 4.79 Å². The second-order valence-corrected chi connectivity index (χ2v) is 6.03. The molecule has 0 saturated heterocycles. The van der Waals surface area contributed by atoms with E-state index in [9.17, 15) is 4.79 Å². The highest BCUT2D eigenvalue weighted by Gasteiger charge is 2.08. The Kier molecular flexibility index (Phi) is 9.66. The molecule has 1 nitrogen and oxygen atoms in total. The molecule has 0 atom stereocenters. The summed E-state index contributed by atoms with van der Waals surface area (Å²) in [5.41, 5.74) is 0.505. The van der Waals surface area contributed by atoms with Gasteiger partial charge in [0.25, 0.3) is 0 Å². The van der Waals surface area contributed by atoms with Crippen LogP contribution in [0.1, 0.15) is 85.0 Å². The first-order chi connectivity index (χ1) is 7.56. The van der Waals surface area contributed by atoms with Crippen molar-refractivity contribution in [3.63, 3.8) is 0 Å². The topological polar surface area (TPSA) is 17.1 Å². The maximum atomic E-state index is 9.97. The molecule has 0 unspecified atom stereocenters. The minimum absolute atomic E-state index is 0.505. The van der Waals surface area contributed by atoms with Crippen LogP contribution in [0.2, 0.25) is 0 Å². The van der Waals surface area contributed by atoms with E-state index in [4.69, 9.17) is 0 Å². The first-order valence-corrected chi connectivity index (χ1v) is 6.91. The lowest BCUT2D eigenvalue weighted by molar-refractivity contribution is 0.356. The second kappa shape index (κ2) is 9.86. The molecule has 0 aromatic rings. The van der Waals surface area contributed by atoms with Crippen molar-refractivity contribution in [2.75, 3.05) is 0 Å². The number of hydrogen-bond donors (Lipinski definition) is 0. The molecule has 0 spiro atoms. The van der Waals surface area contributed by atoms with Crippen molar-refractivity contribution in [2.24, 2.45) is 5.41 Å². The van der Waals surface area contributed by atoms with Crippen molar-refractivity contribution in [3.05, 3.63) is 0 Å². The van der Waals surface area contributed by atoms with Gasteiger partial charge in [0.2, 0.25) is 0 Å². The SMILES string of the molecule is CC(C)(C)CCCCCCCCCC[C]=O. The summed E-state index contributed by atoms with van der Waals surface area (Å²) < 4.78 is 0. The van der Waals surface area contributed by atoms with E-state index in [-0.39, 0.29) is 0 Å². The fraction of sp³-hybridized carbons (Fsp3) is 0.933. The minimum Gasteiger partial charge on any atom is -0.291 e. The lowest BCUT2D eigenvalue weighted by Gasteiger charge is -2.17. The van der Waals surface area contributed by atoms with Crippen LogP contribution in [-0.4, -0.2) is 6.29 Å². The summed E-state index contributed by atoms with van der Waals surface area (Å²) in [6.07, 6.45) is 14.3. The Morgan fingerprint density at radius 3 is 1.62 bits per heavy atom. The molecule has 0 aliphatic carbocycles. The highest BCUT2D eigenvalue weighted by Crippen LogP contribution is 2.22. The van der Waals surface area contributed by atoms with Crippen LogP contribution in [0.4, 0.5) is 0 Å². The van der Waals surface area contributed by atoms with Crippen LogP contribution >= 0.6 is 0 Å². The average molecular weight is 225 g/mol. The molecule has 0 aliphatic rings. The molecule has 0 heterocycles. The largest absolute Gasteiger partial charge is 0.291 e. The van der Waals surface area contributed by atoms with Gasteiger partial charge in [-0.2, -0.15) is 0 Å². The van der Waals surface area contributed by atoms with Crippen LogP contribution < -0.4 is 0 Å². The number of carbonyl (C=O) groups excluding carboxylic acids is 1. The Morgan fingerprint density at radius 2 is 1.19 bits per heavy atom. The van der Waals surface area contributed by atoms with Crippen LogP contribution in [0.3, 0.4) is 0 Å². The Labute approximate surface area is 102 Å². The molecule has 0 aliphatic heterocycles. The van der Waals surface area contributed by atoms with Crippen LogP contribution in [0, 0.1) is 5.41 Å². The zero-order valence-electron chi connectivity index (χ0n) is 11.5. The molecular formula is C15H29O. The van der Waals surface area contributed by atoms with Crippen LogP contribution in [0.15, 0.2) is 0 Å². The Bertz CT molecular complexity index is 155. The summed E-state index contributed by atoms with van der Waals surface area (Å²) in [4.78, 5) is 9.97. The van der Waals surface area contributed by atoms with Crippen LogP contribution in [0.25, 0.3) is 0 Å². The zero-order valence-corrected chi connectivity index (χ0v) is 11.5. The first kappa shape index (κ1) is 15.7. The van der Waals surface area contributed by atoms with Crippen molar-refractivity contribution >= 4 is 6.29 Å². The van der Waals surface area contributed by atoms with E-state index in [1.807, 2.05) is 6.29 Å². The smallest absolute Gasteiger partial charge is 0.198 e. The van der Waals surface area contributed by atoms with Crippen molar-refractivity contribution in [3.8, 4) is 0 Å². The molecule has 0 fully saturated rings. The third-order valence-corrected chi connectivity index (χ3v) is 2.96. The van der Waals surface area contributed by atoms with Gasteiger partial charge in [-0.15, -0.1) is 0 Å². The molecule has 0 N–H and O–H groups in total. The van der Waals surface area contributed by atoms with E-state index in [0.29, 0.717) is 11.8 Å². The van der Waals surface area contributed by atoms with E-state index in [0.717, 1.165) is 6.42 Å². The van der Waals surface area contributed by atoms with Gasteiger partial charge in [-0.1, -0.05) is 65.7 Å². The summed E-state index contributed by atoms with van der Waals surface area (Å²) in [5.74, 6) is 0. The minimum atomic E-state index is 0.505. The van der Waals surface area contributed by atoms with Gasteiger partial charge in [0.1, 0.15) is 0 Å². The van der Waals surface area contributed by atoms with Gasteiger partial charge in [0.05, 0.1) is 0 Å². The van der Waals surface area contributed by atoms with Gasteiger partial charge in [0.15, 0.2) is 6.29 Å². The van der Waals surface area contributed by atoms with E-state index in [2.05, 4.69) is 20.8 Å². The summed E-state index contributed by atoms with van der Waals surface area (Å²) in [6.45, 7) is 6.95. The molecule has 0 bridgehead atoms. The average Bonchev–Trinajstić information content (AvgIpc) is 2.19. The zero-order chi connectivity index (χ0) is 12.3. The molecular weight excluding hydrogens is 196 g/mol. The van der Waals surface area contributed by atoms with Crippen molar-refractivity contribution in [1.29, 1.82) is 0 Å². The van der Waals surface area contributed by atoms with Gasteiger partial charge in [-0.3, -0.25) is 4.79 Å². The molecule has 0 aromatic carbocycles. The van der Waals surface area contributed by atoms with Crippen LogP contribution in [0.5, 0.6) is 0 Å². The molecule has 0 aromatic heterocycles. The Hall–Kier alpha value is -0.330. The molecule has 95 valence electrons. The third kappa shape index (κ3) is 13.7. The summed E-state index contributed by atoms with van der Waals surface area (Å²) in [5, 5.41) is 0. The Balaban J connectivity index is 3.01. The molecule has 16 heavy (non-hydrogen) atoms. The number of hydrogen-bond acceptors (Lipinski definition) is 1. The number of unbranched alkanes of at least 4 members (excludes halogenated alkanes) is 8. The molecule has 1 heteroatoms. The van der Waals surface area contributed by atoms with Gasteiger partial charge in [-0.05, 0) is 18.3 Å². The monoisotopic (exact) mass is 225 g/mol. The Morgan fingerprint density at radius 1 is 0.750 bits per heavy atom. The van der Waals surface area contributed by atoms with Gasteiger partial charge < -0.3 is 0 Å². The van der Waals surface area contributed by atoms with E-state index in [1.54, 1.807) is 0 Å². The quantitative estimate of drug-likeness (QED) is 0.476. The van der Waals surface area contributed by atoms with Crippen molar-refractivity contribution in [1.82, 2.24) is 0 Å². The van der Waals surface area contributed by atoms with E-state index < -0.39 is 0 Å². The summed E-state index contributed by atoms with van der Waals surface area (Å²) >= 11 is 0. The van der Waals surface area contributed by atoms with Crippen molar-refractivity contribution in [2.45, 2.75) is 85.0 Å². The summed E-state index contributed by atoms with van der Waals surface area (Å²) in [7, 11) is 0. The fourth-order valence-corrected chi connectivity index (χ4v) is 1.91. The van der Waals surface area contributed by atoms with Gasteiger partial charge in [-0.25, -0.2) is 0 Å². The highest BCUT2D eigenvalue weighted by atomic mass is 16.1. The maximum absolute atomic E-state index is 9.97. The molecule has 1 radical (unpaired) electrons. The number of rotatable bonds is 10. The maximum Gasteiger partial charge on any atom is 0.198 e. The third-order valence-electron chi connectivity index (χ3n) is 2.96. The van der Waals surface area contributed by atoms with E-state index >= 15 is 0 Å². The lowest BCUT2D eigenvalue weighted by atomic mass is 9.89. The standard InChI is InChI=1S/C15H29O/c1-15(2,3)13-11-9-7-5-4-6-8-10-12-14-16/h4-13H2,1-3H3. The summed E-state index contributed by atoms with van der Waals surface area (Å²) in [6, 6.07) is 0. The molecule has 0 rings (SSSR count). The first-order valence-electron chi connectivity index (χ1n) is 6.91. The predicted octanol–water partition coefficient (Wildman–Crippen LogP) is 5.04. The lowest BCUT2D eigenvalue weighted by Crippen LogP contribution is -2.03. The second-order valence-electron chi connectivity index (χ2n) is 6.03. The molecule has 0 amide bonds. The predicted molar refractivity (Wildman–Crippen MR) is 71.3 cm³/mol. The molecule has 0 saturated carbocycles. The normalized spacial score (nSPS) is 11.7.